The third kappa shape index (κ3) is 2.77. The highest BCUT2D eigenvalue weighted by Crippen LogP contribution is 2.24. The van der Waals surface area contributed by atoms with Crippen molar-refractivity contribution in [3.8, 4) is 11.4 Å². The Kier molecular flexibility index (Phi) is 3.87. The van der Waals surface area contributed by atoms with Gasteiger partial charge in [-0.05, 0) is 24.3 Å². The molecule has 1 unspecified atom stereocenters. The van der Waals surface area contributed by atoms with Gasteiger partial charge in [0.1, 0.15) is 11.8 Å². The number of benzene rings is 1. The highest BCUT2D eigenvalue weighted by molar-refractivity contribution is 5.73. The highest BCUT2D eigenvalue weighted by Gasteiger charge is 2.16. The number of para-hydroxylation sites is 2. The standard InChI is InChI=1S/C14H16N2O3/c1-19-13-7-3-2-6-12(13)16-8-4-5-10(16)9-11(15)14(17)18/h2-8,11H,9,15H2,1H3,(H,17,18). The van der Waals surface area contributed by atoms with Crippen LogP contribution >= 0.6 is 0 Å². The van der Waals surface area contributed by atoms with Crippen molar-refractivity contribution in [2.75, 3.05) is 7.11 Å². The Balaban J connectivity index is 2.36. The van der Waals surface area contributed by atoms with E-state index in [-0.39, 0.29) is 6.42 Å². The van der Waals surface area contributed by atoms with Crippen molar-refractivity contribution in [2.45, 2.75) is 12.5 Å². The SMILES string of the molecule is COc1ccccc1-n1cccc1CC(N)C(=O)O. The molecule has 0 saturated carbocycles. The van der Waals surface area contributed by atoms with Crippen LogP contribution in [0.1, 0.15) is 5.69 Å². The first-order valence-electron chi connectivity index (χ1n) is 5.91. The van der Waals surface area contributed by atoms with Gasteiger partial charge in [0.15, 0.2) is 0 Å². The maximum Gasteiger partial charge on any atom is 0.320 e. The summed E-state index contributed by atoms with van der Waals surface area (Å²) in [5.74, 6) is -0.281. The Morgan fingerprint density at radius 2 is 2.11 bits per heavy atom. The number of carboxylic acids is 1. The number of nitrogens with zero attached hydrogens (tertiary/aromatic N) is 1. The molecule has 0 spiro atoms. The molecule has 100 valence electrons. The van der Waals surface area contributed by atoms with Crippen molar-refractivity contribution in [3.05, 3.63) is 48.3 Å². The number of nitrogens with two attached hydrogens (primary N) is 1. The van der Waals surface area contributed by atoms with Crippen LogP contribution in [0.2, 0.25) is 0 Å². The van der Waals surface area contributed by atoms with Gasteiger partial charge < -0.3 is 20.1 Å². The van der Waals surface area contributed by atoms with Gasteiger partial charge in [-0.25, -0.2) is 0 Å². The van der Waals surface area contributed by atoms with E-state index >= 15 is 0 Å². The second-order valence-electron chi connectivity index (χ2n) is 4.19. The average Bonchev–Trinajstić information content (AvgIpc) is 2.86. The molecule has 1 aromatic heterocycles. The molecule has 3 N–H and O–H groups in total. The van der Waals surface area contributed by atoms with Crippen LogP contribution in [0.4, 0.5) is 0 Å². The number of carboxylic acid groups (broad SMARTS) is 1. The van der Waals surface area contributed by atoms with Crippen molar-refractivity contribution in [3.63, 3.8) is 0 Å². The quantitative estimate of drug-likeness (QED) is 0.852. The summed E-state index contributed by atoms with van der Waals surface area (Å²) in [4.78, 5) is 10.8. The van der Waals surface area contributed by atoms with E-state index in [0.717, 1.165) is 17.1 Å². The highest BCUT2D eigenvalue weighted by atomic mass is 16.5. The fourth-order valence-corrected chi connectivity index (χ4v) is 1.96. The maximum atomic E-state index is 10.8. The molecule has 0 fully saturated rings. The number of aliphatic carboxylic acids is 1. The Bertz CT molecular complexity index is 578. The first kappa shape index (κ1) is 13.2. The summed E-state index contributed by atoms with van der Waals surface area (Å²) in [5.41, 5.74) is 7.28. The zero-order chi connectivity index (χ0) is 13.8. The molecule has 19 heavy (non-hydrogen) atoms. The van der Waals surface area contributed by atoms with Gasteiger partial charge in [-0.15, -0.1) is 0 Å². The van der Waals surface area contributed by atoms with E-state index in [2.05, 4.69) is 0 Å². The number of hydrogen-bond acceptors (Lipinski definition) is 3. The number of rotatable bonds is 5. The molecule has 0 aliphatic rings. The van der Waals surface area contributed by atoms with E-state index < -0.39 is 12.0 Å². The summed E-state index contributed by atoms with van der Waals surface area (Å²) < 4.78 is 7.20. The van der Waals surface area contributed by atoms with Gasteiger partial charge in [0, 0.05) is 18.3 Å². The Morgan fingerprint density at radius 3 is 2.79 bits per heavy atom. The van der Waals surface area contributed by atoms with Crippen molar-refractivity contribution in [1.29, 1.82) is 0 Å². The fraction of sp³-hybridized carbons (Fsp3) is 0.214. The molecule has 0 aliphatic carbocycles. The average molecular weight is 260 g/mol. The molecule has 5 nitrogen and oxygen atoms in total. The summed E-state index contributed by atoms with van der Waals surface area (Å²) in [7, 11) is 1.60. The zero-order valence-corrected chi connectivity index (χ0v) is 10.6. The molecule has 0 saturated heterocycles. The molecular formula is C14H16N2O3. The Labute approximate surface area is 111 Å². The lowest BCUT2D eigenvalue weighted by molar-refractivity contribution is -0.138. The van der Waals surface area contributed by atoms with Crippen LogP contribution in [0.25, 0.3) is 5.69 Å². The van der Waals surface area contributed by atoms with Crippen LogP contribution in [0, 0.1) is 0 Å². The lowest BCUT2D eigenvalue weighted by Gasteiger charge is -2.14. The molecule has 5 heteroatoms. The van der Waals surface area contributed by atoms with Crippen molar-refractivity contribution in [2.24, 2.45) is 5.73 Å². The van der Waals surface area contributed by atoms with Gasteiger partial charge in [0.05, 0.1) is 12.8 Å². The minimum absolute atomic E-state index is 0.264. The maximum absolute atomic E-state index is 10.8. The van der Waals surface area contributed by atoms with Gasteiger partial charge in [-0.1, -0.05) is 12.1 Å². The van der Waals surface area contributed by atoms with E-state index in [0.29, 0.717) is 0 Å². The minimum atomic E-state index is -1.01. The van der Waals surface area contributed by atoms with Gasteiger partial charge in [0.2, 0.25) is 0 Å². The molecule has 2 aromatic rings. The molecule has 2 rings (SSSR count). The smallest absolute Gasteiger partial charge is 0.320 e. The third-order valence-corrected chi connectivity index (χ3v) is 2.92. The lowest BCUT2D eigenvalue weighted by Crippen LogP contribution is -2.32. The van der Waals surface area contributed by atoms with Gasteiger partial charge in [-0.2, -0.15) is 0 Å². The van der Waals surface area contributed by atoms with E-state index in [4.69, 9.17) is 15.6 Å². The van der Waals surface area contributed by atoms with Gasteiger partial charge >= 0.3 is 5.97 Å². The van der Waals surface area contributed by atoms with Crippen molar-refractivity contribution in [1.82, 2.24) is 4.57 Å². The van der Waals surface area contributed by atoms with E-state index in [1.165, 1.54) is 0 Å². The van der Waals surface area contributed by atoms with Crippen LogP contribution < -0.4 is 10.5 Å². The predicted octanol–water partition coefficient (Wildman–Crippen LogP) is 1.44. The number of aromatic nitrogens is 1. The van der Waals surface area contributed by atoms with Gasteiger partial charge in [-0.3, -0.25) is 4.79 Å². The summed E-state index contributed by atoms with van der Waals surface area (Å²) in [6, 6.07) is 10.4. The van der Waals surface area contributed by atoms with E-state index in [1.54, 1.807) is 7.11 Å². The number of carbonyl (C=O) groups is 1. The van der Waals surface area contributed by atoms with Crippen LogP contribution in [0.3, 0.4) is 0 Å². The molecule has 1 atom stereocenters. The predicted molar refractivity (Wildman–Crippen MR) is 71.6 cm³/mol. The molecular weight excluding hydrogens is 244 g/mol. The largest absolute Gasteiger partial charge is 0.495 e. The summed E-state index contributed by atoms with van der Waals surface area (Å²) >= 11 is 0. The topological polar surface area (TPSA) is 77.5 Å². The van der Waals surface area contributed by atoms with E-state index in [1.807, 2.05) is 47.2 Å². The van der Waals surface area contributed by atoms with Crippen LogP contribution in [-0.2, 0) is 11.2 Å². The van der Waals surface area contributed by atoms with Crippen molar-refractivity contribution < 1.29 is 14.6 Å². The summed E-state index contributed by atoms with van der Waals surface area (Å²) in [5, 5.41) is 8.88. The molecule has 0 radical (unpaired) electrons. The first-order valence-corrected chi connectivity index (χ1v) is 5.91. The normalized spacial score (nSPS) is 12.1. The molecule has 0 aliphatic heterocycles. The Morgan fingerprint density at radius 1 is 1.37 bits per heavy atom. The van der Waals surface area contributed by atoms with Gasteiger partial charge in [0.25, 0.3) is 0 Å². The monoisotopic (exact) mass is 260 g/mol. The number of hydrogen-bond donors (Lipinski definition) is 2. The molecule has 1 heterocycles. The van der Waals surface area contributed by atoms with Crippen LogP contribution in [0.15, 0.2) is 42.6 Å². The molecule has 0 bridgehead atoms. The van der Waals surface area contributed by atoms with Crippen molar-refractivity contribution >= 4 is 5.97 Å². The van der Waals surface area contributed by atoms with Crippen LogP contribution in [0.5, 0.6) is 5.75 Å². The first-order chi connectivity index (χ1) is 9.13. The third-order valence-electron chi connectivity index (χ3n) is 2.92. The minimum Gasteiger partial charge on any atom is -0.495 e. The Hall–Kier alpha value is -2.27. The molecule has 0 amide bonds. The lowest BCUT2D eigenvalue weighted by atomic mass is 10.1. The fourth-order valence-electron chi connectivity index (χ4n) is 1.96. The number of ether oxygens (including phenoxy) is 1. The second kappa shape index (κ2) is 5.58. The second-order valence-corrected chi connectivity index (χ2v) is 4.19. The zero-order valence-electron chi connectivity index (χ0n) is 10.6. The summed E-state index contributed by atoms with van der Waals surface area (Å²) in [6.07, 6.45) is 2.13. The number of methoxy groups -OCH3 is 1. The molecule has 1 aromatic carbocycles. The van der Waals surface area contributed by atoms with E-state index in [9.17, 15) is 4.79 Å². The summed E-state index contributed by atoms with van der Waals surface area (Å²) in [6.45, 7) is 0. The van der Waals surface area contributed by atoms with Crippen LogP contribution in [-0.4, -0.2) is 28.8 Å².